The topological polar surface area (TPSA) is 89.5 Å². The van der Waals surface area contributed by atoms with E-state index in [9.17, 15) is 18.4 Å². The van der Waals surface area contributed by atoms with Crippen molar-refractivity contribution < 1.29 is 27.8 Å². The zero-order valence-corrected chi connectivity index (χ0v) is 17.5. The van der Waals surface area contributed by atoms with Crippen molar-refractivity contribution in [2.45, 2.75) is 38.4 Å². The van der Waals surface area contributed by atoms with Gasteiger partial charge in [-0.25, -0.2) is 0 Å². The maximum absolute atomic E-state index is 12.9. The molecule has 1 atom stereocenters. The maximum Gasteiger partial charge on any atom is 0.387 e. The monoisotopic (exact) mass is 471 g/mol. The number of hydrogen-bond acceptors (Lipinski definition) is 5. The lowest BCUT2D eigenvalue weighted by atomic mass is 9.97. The van der Waals surface area contributed by atoms with Crippen LogP contribution in [0.2, 0.25) is 10.0 Å². The molecule has 0 saturated heterocycles. The number of nitrogens with zero attached hydrogens (tertiary/aromatic N) is 1. The maximum atomic E-state index is 12.9. The van der Waals surface area contributed by atoms with Crippen molar-refractivity contribution in [3.8, 4) is 11.5 Å². The summed E-state index contributed by atoms with van der Waals surface area (Å²) in [6, 6.07) is 2.44. The Labute approximate surface area is 186 Å². The summed E-state index contributed by atoms with van der Waals surface area (Å²) in [5, 5.41) is 5.40. The van der Waals surface area contributed by atoms with Gasteiger partial charge in [0.1, 0.15) is 5.69 Å². The number of halogens is 4. The Morgan fingerprint density at radius 1 is 1.23 bits per heavy atom. The predicted octanol–water partition coefficient (Wildman–Crippen LogP) is 5.13. The van der Waals surface area contributed by atoms with Crippen LogP contribution in [0.3, 0.4) is 0 Å². The molecule has 2 amide bonds. The van der Waals surface area contributed by atoms with E-state index in [0.717, 1.165) is 25.7 Å². The van der Waals surface area contributed by atoms with Crippen LogP contribution in [0, 0.1) is 5.92 Å². The number of carbonyl (C=O) groups excluding carboxylic acids is 2. The molecule has 1 aromatic carbocycles. The van der Waals surface area contributed by atoms with Gasteiger partial charge < -0.3 is 20.1 Å². The Balaban J connectivity index is 1.71. The molecule has 1 aliphatic carbocycles. The van der Waals surface area contributed by atoms with Gasteiger partial charge in [0.25, 0.3) is 11.8 Å². The molecule has 7 nitrogen and oxygen atoms in total. The number of nitrogens with one attached hydrogen (secondary N) is 2. The van der Waals surface area contributed by atoms with Gasteiger partial charge in [0.15, 0.2) is 17.6 Å². The minimum Gasteiger partial charge on any atom is -0.474 e. The van der Waals surface area contributed by atoms with Crippen molar-refractivity contribution in [1.82, 2.24) is 4.98 Å². The number of pyridine rings is 1. The van der Waals surface area contributed by atoms with Crippen molar-refractivity contribution in [3.63, 3.8) is 0 Å². The molecule has 1 fully saturated rings. The van der Waals surface area contributed by atoms with Crippen LogP contribution in [0.25, 0.3) is 0 Å². The number of amides is 2. The number of aromatic nitrogens is 1. The Hall–Kier alpha value is -2.65. The van der Waals surface area contributed by atoms with E-state index in [1.807, 2.05) is 0 Å². The van der Waals surface area contributed by atoms with Crippen molar-refractivity contribution in [3.05, 3.63) is 40.1 Å². The predicted molar refractivity (Wildman–Crippen MR) is 110 cm³/mol. The molecule has 11 heteroatoms. The molecule has 2 aromatic rings. The van der Waals surface area contributed by atoms with Crippen molar-refractivity contribution in [1.29, 1.82) is 0 Å². The molecule has 0 unspecified atom stereocenters. The highest BCUT2D eigenvalue weighted by molar-refractivity contribution is 6.39. The molecule has 31 heavy (non-hydrogen) atoms. The number of alkyl halides is 2. The molecule has 4 rings (SSSR count). The molecule has 164 valence electrons. The normalized spacial score (nSPS) is 18.4. The lowest BCUT2D eigenvalue weighted by Crippen LogP contribution is -2.42. The summed E-state index contributed by atoms with van der Waals surface area (Å²) < 4.78 is 36.2. The van der Waals surface area contributed by atoms with E-state index in [1.54, 1.807) is 0 Å². The standard InChI is InChI=1S/C20H17Cl2F2N3O4/c21-11-7-25-8-12(22)15(11)27-18(28)10-5-6-13(30-20(23)24)17-14(10)26-19(29)16(31-17)9-3-1-2-4-9/h5-9,16,20H,1-4H2,(H,26,29)(H,25,27,28)/t16-/m0/s1. The Morgan fingerprint density at radius 2 is 1.90 bits per heavy atom. The number of rotatable bonds is 5. The lowest BCUT2D eigenvalue weighted by molar-refractivity contribution is -0.126. The second-order valence-corrected chi connectivity index (χ2v) is 8.01. The first-order chi connectivity index (χ1) is 14.8. The Bertz CT molecular complexity index is 1010. The van der Waals surface area contributed by atoms with E-state index in [-0.39, 0.29) is 44.4 Å². The van der Waals surface area contributed by atoms with Gasteiger partial charge in [-0.15, -0.1) is 0 Å². The zero-order chi connectivity index (χ0) is 22.1. The second kappa shape index (κ2) is 8.84. The summed E-state index contributed by atoms with van der Waals surface area (Å²) in [5.41, 5.74) is 0.0341. The smallest absolute Gasteiger partial charge is 0.387 e. The van der Waals surface area contributed by atoms with Crippen LogP contribution >= 0.6 is 23.2 Å². The average Bonchev–Trinajstić information content (AvgIpc) is 3.24. The van der Waals surface area contributed by atoms with Gasteiger partial charge in [0.05, 0.1) is 21.3 Å². The summed E-state index contributed by atoms with van der Waals surface area (Å²) in [6.07, 6.45) is 5.25. The van der Waals surface area contributed by atoms with Crippen LogP contribution in [0.4, 0.5) is 20.2 Å². The molecule has 0 radical (unpaired) electrons. The SMILES string of the molecule is O=C(Nc1c(Cl)cncc1Cl)c1ccc(OC(F)F)c2c1NC(=O)[C@H](C1CCCC1)O2. The van der Waals surface area contributed by atoms with Gasteiger partial charge in [0.2, 0.25) is 0 Å². The highest BCUT2D eigenvalue weighted by Crippen LogP contribution is 2.45. The molecule has 0 bridgehead atoms. The van der Waals surface area contributed by atoms with Crippen LogP contribution in [0.15, 0.2) is 24.5 Å². The molecular formula is C20H17Cl2F2N3O4. The van der Waals surface area contributed by atoms with Crippen LogP contribution in [0.1, 0.15) is 36.0 Å². The minimum absolute atomic E-state index is 0.0289. The fourth-order valence-corrected chi connectivity index (χ4v) is 4.30. The fourth-order valence-electron chi connectivity index (χ4n) is 3.84. The van der Waals surface area contributed by atoms with E-state index in [4.69, 9.17) is 27.9 Å². The van der Waals surface area contributed by atoms with E-state index in [0.29, 0.717) is 0 Å². The Morgan fingerprint density at radius 3 is 2.55 bits per heavy atom. The summed E-state index contributed by atoms with van der Waals surface area (Å²) in [4.78, 5) is 29.4. The summed E-state index contributed by atoms with van der Waals surface area (Å²) in [7, 11) is 0. The number of ether oxygens (including phenoxy) is 2. The zero-order valence-electron chi connectivity index (χ0n) is 16.0. The first kappa shape index (κ1) is 21.6. The third-order valence-corrected chi connectivity index (χ3v) is 5.83. The summed E-state index contributed by atoms with van der Waals surface area (Å²) in [6.45, 7) is -3.11. The summed E-state index contributed by atoms with van der Waals surface area (Å²) in [5.74, 6) is -1.55. The highest BCUT2D eigenvalue weighted by atomic mass is 35.5. The Kier molecular flexibility index (Phi) is 6.15. The van der Waals surface area contributed by atoms with Crippen molar-refractivity contribution >= 4 is 46.4 Å². The van der Waals surface area contributed by atoms with E-state index in [2.05, 4.69) is 20.4 Å². The lowest BCUT2D eigenvalue weighted by Gasteiger charge is -2.31. The first-order valence-electron chi connectivity index (χ1n) is 9.55. The van der Waals surface area contributed by atoms with Gasteiger partial charge in [-0.3, -0.25) is 14.6 Å². The number of anilines is 2. The molecule has 1 saturated carbocycles. The summed E-state index contributed by atoms with van der Waals surface area (Å²) >= 11 is 12.1. The molecule has 1 aromatic heterocycles. The van der Waals surface area contributed by atoms with E-state index < -0.39 is 24.5 Å². The minimum atomic E-state index is -3.11. The third-order valence-electron chi connectivity index (χ3n) is 5.25. The van der Waals surface area contributed by atoms with Gasteiger partial charge in [-0.1, -0.05) is 36.0 Å². The van der Waals surface area contributed by atoms with Crippen LogP contribution < -0.4 is 20.1 Å². The quantitative estimate of drug-likeness (QED) is 0.630. The molecule has 0 spiro atoms. The van der Waals surface area contributed by atoms with Crippen molar-refractivity contribution in [2.24, 2.45) is 5.92 Å². The number of benzene rings is 1. The molecule has 2 N–H and O–H groups in total. The van der Waals surface area contributed by atoms with Gasteiger partial charge in [-0.05, 0) is 25.0 Å². The van der Waals surface area contributed by atoms with Crippen LogP contribution in [0.5, 0.6) is 11.5 Å². The third kappa shape index (κ3) is 4.38. The molecule has 2 heterocycles. The van der Waals surface area contributed by atoms with Crippen LogP contribution in [-0.2, 0) is 4.79 Å². The number of carbonyl (C=O) groups is 2. The van der Waals surface area contributed by atoms with Gasteiger partial charge >= 0.3 is 6.61 Å². The first-order valence-corrected chi connectivity index (χ1v) is 10.3. The molecular weight excluding hydrogens is 455 g/mol. The van der Waals surface area contributed by atoms with Gasteiger partial charge in [-0.2, -0.15) is 8.78 Å². The molecule has 2 aliphatic rings. The average molecular weight is 472 g/mol. The van der Waals surface area contributed by atoms with E-state index in [1.165, 1.54) is 24.5 Å². The number of hydrogen-bond donors (Lipinski definition) is 2. The highest BCUT2D eigenvalue weighted by Gasteiger charge is 2.39. The second-order valence-electron chi connectivity index (χ2n) is 7.20. The number of fused-ring (bicyclic) bond motifs is 1. The molecule has 1 aliphatic heterocycles. The van der Waals surface area contributed by atoms with Gasteiger partial charge in [0, 0.05) is 18.3 Å². The largest absolute Gasteiger partial charge is 0.474 e. The van der Waals surface area contributed by atoms with Crippen molar-refractivity contribution in [2.75, 3.05) is 10.6 Å². The van der Waals surface area contributed by atoms with E-state index >= 15 is 0 Å². The van der Waals surface area contributed by atoms with Crippen LogP contribution in [-0.4, -0.2) is 29.5 Å². The fraction of sp³-hybridized carbons (Fsp3) is 0.350.